The predicted octanol–water partition coefficient (Wildman–Crippen LogP) is 6.13. The number of nitrogens with zero attached hydrogens (tertiary/aromatic N) is 5. The molecule has 3 aromatic heterocycles. The van der Waals surface area contributed by atoms with Crippen molar-refractivity contribution in [3.63, 3.8) is 0 Å². The Hall–Kier alpha value is -4.80. The van der Waals surface area contributed by atoms with Crippen LogP contribution >= 0.6 is 11.6 Å². The molecule has 0 fully saturated rings. The minimum Gasteiger partial charge on any atom is -0.458 e. The number of tetrazole rings is 1. The van der Waals surface area contributed by atoms with E-state index >= 15 is 0 Å². The number of para-hydroxylation sites is 1. The van der Waals surface area contributed by atoms with E-state index < -0.39 is 6.04 Å². The van der Waals surface area contributed by atoms with E-state index in [0.717, 1.165) is 63.8 Å². The molecule has 0 saturated carbocycles. The summed E-state index contributed by atoms with van der Waals surface area (Å²) in [6, 6.07) is 23.9. The fourth-order valence-electron chi connectivity index (χ4n) is 5.60. The monoisotopic (exact) mass is 622 g/mol. The molecule has 45 heavy (non-hydrogen) atoms. The van der Waals surface area contributed by atoms with Gasteiger partial charge in [-0.2, -0.15) is 5.21 Å². The second kappa shape index (κ2) is 13.9. The summed E-state index contributed by atoms with van der Waals surface area (Å²) >= 11 is 6.68. The van der Waals surface area contributed by atoms with Gasteiger partial charge in [-0.05, 0) is 47.0 Å². The Labute approximate surface area is 266 Å². The van der Waals surface area contributed by atoms with Crippen molar-refractivity contribution in [2.45, 2.75) is 51.8 Å². The van der Waals surface area contributed by atoms with Crippen molar-refractivity contribution < 1.29 is 9.53 Å². The van der Waals surface area contributed by atoms with E-state index in [1.165, 1.54) is 0 Å². The molecule has 0 unspecified atom stereocenters. The van der Waals surface area contributed by atoms with Gasteiger partial charge in [0.1, 0.15) is 18.5 Å². The van der Waals surface area contributed by atoms with Crippen LogP contribution in [0.5, 0.6) is 0 Å². The fraction of sp³-hybridized carbons (Fsp3) is 0.265. The zero-order valence-corrected chi connectivity index (χ0v) is 26.0. The number of halogens is 1. The number of hydrogen-bond donors (Lipinski definition) is 3. The second-order valence-corrected chi connectivity index (χ2v) is 11.3. The Kier molecular flexibility index (Phi) is 9.33. The van der Waals surface area contributed by atoms with E-state index in [0.29, 0.717) is 29.6 Å². The van der Waals surface area contributed by atoms with Gasteiger partial charge >= 0.3 is 5.97 Å². The van der Waals surface area contributed by atoms with Gasteiger partial charge in [0.15, 0.2) is 5.15 Å². The third-order valence-corrected chi connectivity index (χ3v) is 8.36. The summed E-state index contributed by atoms with van der Waals surface area (Å²) in [5.74, 6) is 1.08. The number of fused-ring (bicyclic) bond motifs is 1. The number of carbonyl (C=O) groups excluding carboxylic acids is 1. The Balaban J connectivity index is 1.20. The van der Waals surface area contributed by atoms with Crippen molar-refractivity contribution in [1.82, 2.24) is 40.5 Å². The number of aromatic nitrogens is 7. The van der Waals surface area contributed by atoms with Crippen molar-refractivity contribution in [3.05, 3.63) is 107 Å². The van der Waals surface area contributed by atoms with Crippen LogP contribution in [-0.4, -0.2) is 54.2 Å². The first-order valence-electron chi connectivity index (χ1n) is 15.1. The van der Waals surface area contributed by atoms with E-state index in [1.807, 2.05) is 48.7 Å². The van der Waals surface area contributed by atoms with E-state index in [4.69, 9.17) is 16.3 Å². The van der Waals surface area contributed by atoms with Gasteiger partial charge < -0.3 is 19.6 Å². The molecule has 0 aliphatic heterocycles. The molecule has 0 spiro atoms. The van der Waals surface area contributed by atoms with Gasteiger partial charge in [0.25, 0.3) is 0 Å². The van der Waals surface area contributed by atoms with Crippen LogP contribution in [0.15, 0.2) is 79.0 Å². The molecule has 3 heterocycles. The van der Waals surface area contributed by atoms with Gasteiger partial charge in [-0.1, -0.05) is 91.7 Å². The highest BCUT2D eigenvalue weighted by Crippen LogP contribution is 2.30. The molecule has 3 aromatic carbocycles. The van der Waals surface area contributed by atoms with Crippen molar-refractivity contribution in [1.29, 1.82) is 0 Å². The lowest BCUT2D eigenvalue weighted by atomic mass is 9.98. The Morgan fingerprint density at radius 1 is 1.04 bits per heavy atom. The number of benzene rings is 3. The smallest absolute Gasteiger partial charge is 0.323 e. The lowest BCUT2D eigenvalue weighted by Gasteiger charge is -2.17. The molecule has 0 amide bonds. The number of aryl methyl sites for hydroxylation is 1. The summed E-state index contributed by atoms with van der Waals surface area (Å²) in [6.07, 6.45) is 5.23. The average Bonchev–Trinajstić information content (AvgIpc) is 3.82. The van der Waals surface area contributed by atoms with E-state index in [9.17, 15) is 4.79 Å². The molecule has 3 N–H and O–H groups in total. The number of esters is 1. The summed E-state index contributed by atoms with van der Waals surface area (Å²) in [6.45, 7) is 2.72. The fourth-order valence-corrected chi connectivity index (χ4v) is 5.85. The number of imidazole rings is 1. The summed E-state index contributed by atoms with van der Waals surface area (Å²) in [5.41, 5.74) is 6.80. The number of likely N-dealkylation sites (N-methyl/N-ethyl adjacent to an activating group) is 1. The number of aromatic amines is 2. The highest BCUT2D eigenvalue weighted by Gasteiger charge is 2.23. The summed E-state index contributed by atoms with van der Waals surface area (Å²) < 4.78 is 7.95. The summed E-state index contributed by atoms with van der Waals surface area (Å²) in [7, 11) is 1.77. The highest BCUT2D eigenvalue weighted by atomic mass is 35.5. The Bertz CT molecular complexity index is 1880. The van der Waals surface area contributed by atoms with Crippen LogP contribution in [0.1, 0.15) is 42.4 Å². The van der Waals surface area contributed by atoms with Gasteiger partial charge in [0, 0.05) is 42.0 Å². The molecule has 0 radical (unpaired) electrons. The molecule has 10 nitrogen and oxygen atoms in total. The molecule has 6 rings (SSSR count). The quantitative estimate of drug-likeness (QED) is 0.132. The first-order chi connectivity index (χ1) is 22.1. The Morgan fingerprint density at radius 3 is 2.58 bits per heavy atom. The highest BCUT2D eigenvalue weighted by molar-refractivity contribution is 6.30. The molecular formula is C34H35ClN8O2. The zero-order chi connectivity index (χ0) is 31.2. The van der Waals surface area contributed by atoms with Crippen LogP contribution < -0.4 is 5.32 Å². The topological polar surface area (TPSA) is 126 Å². The third-order valence-electron chi connectivity index (χ3n) is 8.06. The summed E-state index contributed by atoms with van der Waals surface area (Å²) in [5, 5.41) is 19.1. The number of nitrogens with one attached hydrogen (secondary N) is 3. The SMILES string of the molecule is CCCCc1nc(Cl)c(COC(=O)[C@@H](Cc2c[nH]c3ccccc23)NC)n1Cc1ccc(-c2ccccc2-c2nn[nH]n2)cc1. The maximum atomic E-state index is 13.3. The van der Waals surface area contributed by atoms with Crippen LogP contribution in [0.25, 0.3) is 33.4 Å². The number of hydrogen-bond acceptors (Lipinski definition) is 7. The van der Waals surface area contributed by atoms with Crippen LogP contribution in [0.4, 0.5) is 0 Å². The van der Waals surface area contributed by atoms with Crippen molar-refractivity contribution >= 4 is 28.5 Å². The second-order valence-electron chi connectivity index (χ2n) is 10.9. The standard InChI is InChI=1S/C34H35ClN8O2/c1-3-4-13-31-38-32(35)30(21-45-34(44)29(36-2)18-24-19-37-28-12-8-7-10-26(24)28)43(31)20-22-14-16-23(17-15-22)25-9-5-6-11-27(25)33-39-41-42-40-33/h5-12,14-17,19,29,36-37H,3-4,13,18,20-21H2,1-2H3,(H,39,40,41,42)/t29-/m1/s1. The molecule has 11 heteroatoms. The third kappa shape index (κ3) is 6.67. The molecule has 1 atom stereocenters. The first kappa shape index (κ1) is 30.2. The maximum absolute atomic E-state index is 13.3. The van der Waals surface area contributed by atoms with Gasteiger partial charge in [0.05, 0.1) is 5.69 Å². The van der Waals surface area contributed by atoms with Gasteiger partial charge in [-0.25, -0.2) is 4.98 Å². The largest absolute Gasteiger partial charge is 0.458 e. The average molecular weight is 623 g/mol. The van der Waals surface area contributed by atoms with Crippen LogP contribution in [-0.2, 0) is 35.5 Å². The van der Waals surface area contributed by atoms with Gasteiger partial charge in [-0.3, -0.25) is 4.79 Å². The minimum atomic E-state index is -0.512. The summed E-state index contributed by atoms with van der Waals surface area (Å²) in [4.78, 5) is 21.2. The number of unbranched alkanes of at least 4 members (excludes halogenated alkanes) is 1. The number of carbonyl (C=O) groups is 1. The van der Waals surface area contributed by atoms with Crippen molar-refractivity contribution in [2.75, 3.05) is 7.05 Å². The molecule has 0 aliphatic rings. The molecule has 0 bridgehead atoms. The predicted molar refractivity (Wildman–Crippen MR) is 175 cm³/mol. The maximum Gasteiger partial charge on any atom is 0.323 e. The van der Waals surface area contributed by atoms with Crippen LogP contribution in [0, 0.1) is 0 Å². The minimum absolute atomic E-state index is 0.0268. The lowest BCUT2D eigenvalue weighted by Crippen LogP contribution is -2.37. The van der Waals surface area contributed by atoms with Gasteiger partial charge in [0.2, 0.25) is 5.82 Å². The molecule has 0 saturated heterocycles. The number of H-pyrrole nitrogens is 2. The normalized spacial score (nSPS) is 12.1. The van der Waals surface area contributed by atoms with Gasteiger partial charge in [-0.15, -0.1) is 10.2 Å². The van der Waals surface area contributed by atoms with Crippen molar-refractivity contribution in [2.24, 2.45) is 0 Å². The first-order valence-corrected chi connectivity index (χ1v) is 15.5. The lowest BCUT2D eigenvalue weighted by molar-refractivity contribution is -0.147. The number of rotatable bonds is 13. The molecular weight excluding hydrogens is 588 g/mol. The van der Waals surface area contributed by atoms with Crippen molar-refractivity contribution in [3.8, 4) is 22.5 Å². The zero-order valence-electron chi connectivity index (χ0n) is 25.3. The Morgan fingerprint density at radius 2 is 1.82 bits per heavy atom. The van der Waals surface area contributed by atoms with Crippen LogP contribution in [0.2, 0.25) is 5.15 Å². The van der Waals surface area contributed by atoms with E-state index in [1.54, 1.807) is 7.05 Å². The van der Waals surface area contributed by atoms with Crippen LogP contribution in [0.3, 0.4) is 0 Å². The van der Waals surface area contributed by atoms with E-state index in [2.05, 4.69) is 77.7 Å². The molecule has 230 valence electrons. The van der Waals surface area contributed by atoms with E-state index in [-0.39, 0.29) is 12.6 Å². The molecule has 6 aromatic rings. The number of ether oxygens (including phenoxy) is 1. The molecule has 0 aliphatic carbocycles.